The Kier molecular flexibility index (Phi) is 4.66. The molecule has 0 spiro atoms. The molecule has 28 heavy (non-hydrogen) atoms. The number of primary amides is 1. The van der Waals surface area contributed by atoms with Gasteiger partial charge >= 0.3 is 0 Å². The van der Waals surface area contributed by atoms with Crippen molar-refractivity contribution in [1.29, 1.82) is 0 Å². The first-order valence-electron chi connectivity index (χ1n) is 9.35. The Morgan fingerprint density at radius 2 is 2.11 bits per heavy atom. The van der Waals surface area contributed by atoms with Gasteiger partial charge in [-0.05, 0) is 44.2 Å². The lowest BCUT2D eigenvalue weighted by Gasteiger charge is -2.37. The largest absolute Gasteiger partial charge is 0.369 e. The highest BCUT2D eigenvalue weighted by atomic mass is 32.1. The Morgan fingerprint density at radius 3 is 2.79 bits per heavy atom. The summed E-state index contributed by atoms with van der Waals surface area (Å²) in [6.07, 6.45) is 1.48. The molecule has 4 rings (SSSR count). The van der Waals surface area contributed by atoms with Gasteiger partial charge < -0.3 is 10.6 Å². The molecule has 1 aliphatic heterocycles. The van der Waals surface area contributed by atoms with Crippen molar-refractivity contribution >= 4 is 34.2 Å². The van der Waals surface area contributed by atoms with Crippen LogP contribution in [-0.4, -0.2) is 44.1 Å². The lowest BCUT2D eigenvalue weighted by atomic mass is 9.92. The van der Waals surface area contributed by atoms with Gasteiger partial charge in [-0.3, -0.25) is 14.3 Å². The van der Waals surface area contributed by atoms with Gasteiger partial charge in [0.25, 0.3) is 5.91 Å². The van der Waals surface area contributed by atoms with Crippen molar-refractivity contribution in [2.75, 3.05) is 6.54 Å². The van der Waals surface area contributed by atoms with Crippen LogP contribution in [0.1, 0.15) is 35.8 Å². The van der Waals surface area contributed by atoms with Crippen LogP contribution in [0.4, 0.5) is 0 Å². The average Bonchev–Trinajstić information content (AvgIpc) is 3.29. The minimum Gasteiger partial charge on any atom is -0.369 e. The highest BCUT2D eigenvalue weighted by Gasteiger charge is 2.33. The van der Waals surface area contributed by atoms with Gasteiger partial charge in [-0.1, -0.05) is 6.07 Å². The van der Waals surface area contributed by atoms with E-state index in [9.17, 15) is 9.59 Å². The number of fused-ring (bicyclic) bond motifs is 1. The zero-order chi connectivity index (χ0) is 20.0. The number of aryl methyl sites for hydroxylation is 2. The van der Waals surface area contributed by atoms with Crippen LogP contribution in [-0.2, 0) is 11.8 Å². The number of hydrogen-bond donors (Lipinski definition) is 1. The summed E-state index contributed by atoms with van der Waals surface area (Å²) in [5.74, 6) is -0.745. The molecule has 3 aromatic rings. The van der Waals surface area contributed by atoms with Crippen LogP contribution >= 0.6 is 11.3 Å². The van der Waals surface area contributed by atoms with Gasteiger partial charge in [0.15, 0.2) is 5.65 Å². The van der Waals surface area contributed by atoms with E-state index in [0.717, 1.165) is 34.5 Å². The maximum atomic E-state index is 13.6. The maximum absolute atomic E-state index is 13.6. The second-order valence-corrected chi connectivity index (χ2v) is 8.37. The third kappa shape index (κ3) is 3.07. The lowest BCUT2D eigenvalue weighted by molar-refractivity contribution is -0.123. The van der Waals surface area contributed by atoms with E-state index in [1.165, 1.54) is 0 Å². The Balaban J connectivity index is 1.84. The van der Waals surface area contributed by atoms with E-state index < -0.39 is 0 Å². The zero-order valence-electron chi connectivity index (χ0n) is 16.2. The number of likely N-dealkylation sites (tertiary alicyclic amines) is 1. The summed E-state index contributed by atoms with van der Waals surface area (Å²) in [7, 11) is 1.83. The molecule has 0 aliphatic carbocycles. The monoisotopic (exact) mass is 397 g/mol. The van der Waals surface area contributed by atoms with Gasteiger partial charge in [-0.2, -0.15) is 5.10 Å². The molecule has 8 heteroatoms. The number of amides is 2. The summed E-state index contributed by atoms with van der Waals surface area (Å²) in [6, 6.07) is 5.86. The van der Waals surface area contributed by atoms with E-state index in [1.807, 2.05) is 44.5 Å². The second-order valence-electron chi connectivity index (χ2n) is 7.42. The van der Waals surface area contributed by atoms with Crippen LogP contribution in [0.3, 0.4) is 0 Å². The first-order valence-corrected chi connectivity index (χ1v) is 10.2. The van der Waals surface area contributed by atoms with Crippen LogP contribution < -0.4 is 5.73 Å². The van der Waals surface area contributed by atoms with Crippen LogP contribution in [0.25, 0.3) is 21.6 Å². The van der Waals surface area contributed by atoms with Gasteiger partial charge in [0.05, 0.1) is 33.1 Å². The van der Waals surface area contributed by atoms with Crippen LogP contribution in [0.5, 0.6) is 0 Å². The number of nitrogens with zero attached hydrogens (tertiary/aromatic N) is 4. The first-order chi connectivity index (χ1) is 13.4. The Labute approximate surface area is 167 Å². The molecule has 146 valence electrons. The van der Waals surface area contributed by atoms with Crippen molar-refractivity contribution in [3.63, 3.8) is 0 Å². The van der Waals surface area contributed by atoms with E-state index in [-0.39, 0.29) is 23.8 Å². The summed E-state index contributed by atoms with van der Waals surface area (Å²) in [6.45, 7) is 4.26. The molecule has 0 aromatic carbocycles. The van der Waals surface area contributed by atoms with Gasteiger partial charge in [0.1, 0.15) is 0 Å². The number of carbonyl (C=O) groups excluding carboxylic acids is 2. The molecule has 2 N–H and O–H groups in total. The predicted molar refractivity (Wildman–Crippen MR) is 109 cm³/mol. The highest BCUT2D eigenvalue weighted by molar-refractivity contribution is 7.13. The number of pyridine rings is 1. The first kappa shape index (κ1) is 18.6. The van der Waals surface area contributed by atoms with E-state index in [2.05, 4.69) is 5.10 Å². The minimum absolute atomic E-state index is 0.0495. The minimum atomic E-state index is -0.346. The van der Waals surface area contributed by atoms with Crippen molar-refractivity contribution in [3.8, 4) is 10.6 Å². The molecule has 7 nitrogen and oxygen atoms in total. The molecule has 0 bridgehead atoms. The van der Waals surface area contributed by atoms with E-state index in [1.54, 1.807) is 20.9 Å². The number of carbonyl (C=O) groups is 2. The van der Waals surface area contributed by atoms with Gasteiger partial charge in [-0.25, -0.2) is 4.98 Å². The molecule has 4 heterocycles. The summed E-state index contributed by atoms with van der Waals surface area (Å²) in [5, 5.41) is 7.23. The molecule has 0 radical (unpaired) electrons. The van der Waals surface area contributed by atoms with Crippen molar-refractivity contribution in [2.45, 2.75) is 32.7 Å². The third-order valence-electron chi connectivity index (χ3n) is 5.52. The Morgan fingerprint density at radius 1 is 1.32 bits per heavy atom. The number of thiophene rings is 1. The number of rotatable bonds is 3. The normalized spacial score (nSPS) is 19.9. The number of piperidine rings is 1. The fraction of sp³-hybridized carbons (Fsp3) is 0.400. The zero-order valence-corrected chi connectivity index (χ0v) is 17.0. The molecule has 0 saturated carbocycles. The quantitative estimate of drug-likeness (QED) is 0.735. The van der Waals surface area contributed by atoms with Crippen molar-refractivity contribution < 1.29 is 9.59 Å². The molecule has 3 aromatic heterocycles. The SMILES string of the molecule is Cc1nn(C)c2nc(-c3cccs3)cc(C(=O)N3C[C@@H](C(N)=O)CC[C@@H]3C)c12. The smallest absolute Gasteiger partial charge is 0.255 e. The van der Waals surface area contributed by atoms with Crippen molar-refractivity contribution in [3.05, 3.63) is 34.8 Å². The molecule has 1 saturated heterocycles. The molecule has 2 atom stereocenters. The average molecular weight is 398 g/mol. The summed E-state index contributed by atoms with van der Waals surface area (Å²) < 4.78 is 1.71. The Hall–Kier alpha value is -2.74. The molecule has 1 aliphatic rings. The maximum Gasteiger partial charge on any atom is 0.255 e. The fourth-order valence-corrected chi connectivity index (χ4v) is 4.63. The van der Waals surface area contributed by atoms with E-state index >= 15 is 0 Å². The third-order valence-corrected chi connectivity index (χ3v) is 6.41. The summed E-state index contributed by atoms with van der Waals surface area (Å²) in [5.41, 5.74) is 8.30. The van der Waals surface area contributed by atoms with E-state index in [4.69, 9.17) is 10.7 Å². The molecule has 1 fully saturated rings. The van der Waals surface area contributed by atoms with Gasteiger partial charge in [0.2, 0.25) is 5.91 Å². The number of aromatic nitrogens is 3. The van der Waals surface area contributed by atoms with Crippen molar-refractivity contribution in [1.82, 2.24) is 19.7 Å². The van der Waals surface area contributed by atoms with Crippen LogP contribution in [0, 0.1) is 12.8 Å². The predicted octanol–water partition coefficient (Wildman–Crippen LogP) is 2.73. The number of nitrogens with two attached hydrogens (primary N) is 1. The molecular formula is C20H23N5O2S. The summed E-state index contributed by atoms with van der Waals surface area (Å²) in [4.78, 5) is 32.8. The van der Waals surface area contributed by atoms with Gasteiger partial charge in [0, 0.05) is 19.6 Å². The molecule has 2 amide bonds. The fourth-order valence-electron chi connectivity index (χ4n) is 3.94. The highest BCUT2D eigenvalue weighted by Crippen LogP contribution is 2.31. The second kappa shape index (κ2) is 7.01. The standard InChI is InChI=1S/C20H23N5O2S/c1-11-6-7-13(18(21)26)10-25(11)20(27)14-9-15(16-5-4-8-28-16)22-19-17(14)12(2)23-24(19)3/h4-5,8-9,11,13H,6-7,10H2,1-3H3,(H2,21,26)/t11-,13-/m0/s1. The molecule has 0 unspecified atom stereocenters. The summed E-state index contributed by atoms with van der Waals surface area (Å²) >= 11 is 1.58. The number of hydrogen-bond acceptors (Lipinski definition) is 5. The Bertz CT molecular complexity index is 1060. The van der Waals surface area contributed by atoms with E-state index in [0.29, 0.717) is 17.8 Å². The van der Waals surface area contributed by atoms with Crippen molar-refractivity contribution in [2.24, 2.45) is 18.7 Å². The van der Waals surface area contributed by atoms with Crippen LogP contribution in [0.15, 0.2) is 23.6 Å². The topological polar surface area (TPSA) is 94.1 Å². The molecular weight excluding hydrogens is 374 g/mol. The lowest BCUT2D eigenvalue weighted by Crippen LogP contribution is -2.48. The van der Waals surface area contributed by atoms with Gasteiger partial charge in [-0.15, -0.1) is 11.3 Å². The van der Waals surface area contributed by atoms with Crippen LogP contribution in [0.2, 0.25) is 0 Å².